The highest BCUT2D eigenvalue weighted by Crippen LogP contribution is 2.29. The Morgan fingerprint density at radius 3 is 2.75 bits per heavy atom. The Hall–Kier alpha value is -1.35. The number of benzene rings is 1. The summed E-state index contributed by atoms with van der Waals surface area (Å²) >= 11 is 3.51. The second kappa shape index (κ2) is 4.66. The molecule has 2 rings (SSSR count). The summed E-state index contributed by atoms with van der Waals surface area (Å²) in [5.74, 6) is 0. The molecule has 82 valence electrons. The lowest BCUT2D eigenvalue weighted by Gasteiger charge is -2.20. The molecule has 0 saturated heterocycles. The fourth-order valence-corrected chi connectivity index (χ4v) is 2.13. The zero-order valence-corrected chi connectivity index (χ0v) is 10.9. The lowest BCUT2D eigenvalue weighted by molar-refractivity contribution is 1.17. The Morgan fingerprint density at radius 1 is 1.25 bits per heavy atom. The first-order valence-corrected chi connectivity index (χ1v) is 5.87. The van der Waals surface area contributed by atoms with E-state index in [-0.39, 0.29) is 0 Å². The molecule has 0 radical (unpaired) electrons. The highest BCUT2D eigenvalue weighted by Gasteiger charge is 2.07. The minimum atomic E-state index is 0.999. The van der Waals surface area contributed by atoms with Crippen molar-refractivity contribution in [2.75, 3.05) is 11.9 Å². The van der Waals surface area contributed by atoms with E-state index in [1.54, 1.807) is 6.20 Å². The summed E-state index contributed by atoms with van der Waals surface area (Å²) in [5.41, 5.74) is 3.54. The SMILES string of the molecule is Cc1cccc(N(C)c2ccncc2Br)c1. The molecule has 0 amide bonds. The Balaban J connectivity index is 2.39. The third-order valence-electron chi connectivity index (χ3n) is 2.50. The van der Waals surface area contributed by atoms with Gasteiger partial charge in [0.25, 0.3) is 0 Å². The summed E-state index contributed by atoms with van der Waals surface area (Å²) < 4.78 is 0.999. The Labute approximate surface area is 104 Å². The van der Waals surface area contributed by atoms with Crippen molar-refractivity contribution in [3.8, 4) is 0 Å². The average molecular weight is 277 g/mol. The van der Waals surface area contributed by atoms with Gasteiger partial charge >= 0.3 is 0 Å². The Kier molecular flexibility index (Phi) is 3.25. The van der Waals surface area contributed by atoms with Crippen LogP contribution in [0.5, 0.6) is 0 Å². The lowest BCUT2D eigenvalue weighted by Crippen LogP contribution is -2.10. The number of aryl methyl sites for hydroxylation is 1. The highest BCUT2D eigenvalue weighted by molar-refractivity contribution is 9.10. The standard InChI is InChI=1S/C13H13BrN2/c1-10-4-3-5-11(8-10)16(2)13-6-7-15-9-12(13)14/h3-9H,1-2H3. The summed E-state index contributed by atoms with van der Waals surface area (Å²) in [5, 5.41) is 0. The molecule has 2 aromatic rings. The quantitative estimate of drug-likeness (QED) is 0.827. The predicted molar refractivity (Wildman–Crippen MR) is 71.2 cm³/mol. The first kappa shape index (κ1) is 11.1. The van der Waals surface area contributed by atoms with Gasteiger partial charge in [-0.2, -0.15) is 0 Å². The van der Waals surface area contributed by atoms with Gasteiger partial charge in [0.15, 0.2) is 0 Å². The van der Waals surface area contributed by atoms with Crippen LogP contribution in [-0.2, 0) is 0 Å². The second-order valence-corrected chi connectivity index (χ2v) is 4.58. The number of aromatic nitrogens is 1. The molecular weight excluding hydrogens is 264 g/mol. The van der Waals surface area contributed by atoms with Gasteiger partial charge < -0.3 is 4.90 Å². The minimum Gasteiger partial charge on any atom is -0.344 e. The van der Waals surface area contributed by atoms with E-state index in [9.17, 15) is 0 Å². The van der Waals surface area contributed by atoms with E-state index in [0.29, 0.717) is 0 Å². The topological polar surface area (TPSA) is 16.1 Å². The average Bonchev–Trinajstić information content (AvgIpc) is 2.29. The Morgan fingerprint density at radius 2 is 2.06 bits per heavy atom. The normalized spacial score (nSPS) is 10.2. The van der Waals surface area contributed by atoms with Crippen molar-refractivity contribution < 1.29 is 0 Å². The van der Waals surface area contributed by atoms with Crippen molar-refractivity contribution in [3.63, 3.8) is 0 Å². The van der Waals surface area contributed by atoms with Crippen LogP contribution in [-0.4, -0.2) is 12.0 Å². The van der Waals surface area contributed by atoms with Gasteiger partial charge in [0, 0.05) is 25.1 Å². The largest absolute Gasteiger partial charge is 0.344 e. The van der Waals surface area contributed by atoms with Crippen LogP contribution in [0.1, 0.15) is 5.56 Å². The molecule has 0 aliphatic heterocycles. The van der Waals surface area contributed by atoms with E-state index in [1.807, 2.05) is 12.3 Å². The fourth-order valence-electron chi connectivity index (χ4n) is 1.62. The molecule has 0 N–H and O–H groups in total. The fraction of sp³-hybridized carbons (Fsp3) is 0.154. The molecule has 0 saturated carbocycles. The third kappa shape index (κ3) is 2.25. The molecule has 1 aromatic heterocycles. The van der Waals surface area contributed by atoms with Crippen LogP contribution in [0, 0.1) is 6.92 Å². The molecule has 3 heteroatoms. The van der Waals surface area contributed by atoms with Crippen LogP contribution in [0.4, 0.5) is 11.4 Å². The molecule has 2 nitrogen and oxygen atoms in total. The van der Waals surface area contributed by atoms with Crippen molar-refractivity contribution in [1.29, 1.82) is 0 Å². The molecule has 0 spiro atoms. The van der Waals surface area contributed by atoms with Gasteiger partial charge in [0.2, 0.25) is 0 Å². The number of nitrogens with zero attached hydrogens (tertiary/aromatic N) is 2. The summed E-state index contributed by atoms with van der Waals surface area (Å²) in [6.07, 6.45) is 3.61. The monoisotopic (exact) mass is 276 g/mol. The molecule has 16 heavy (non-hydrogen) atoms. The highest BCUT2D eigenvalue weighted by atomic mass is 79.9. The molecule has 0 atom stereocenters. The van der Waals surface area contributed by atoms with Crippen molar-refractivity contribution in [1.82, 2.24) is 4.98 Å². The van der Waals surface area contributed by atoms with Gasteiger partial charge in [-0.3, -0.25) is 4.98 Å². The van der Waals surface area contributed by atoms with Gasteiger partial charge in [-0.05, 0) is 46.6 Å². The van der Waals surface area contributed by atoms with Crippen LogP contribution in [0.15, 0.2) is 47.2 Å². The summed E-state index contributed by atoms with van der Waals surface area (Å²) in [4.78, 5) is 6.20. The number of hydrogen-bond donors (Lipinski definition) is 0. The maximum absolute atomic E-state index is 4.06. The van der Waals surface area contributed by atoms with Crippen molar-refractivity contribution in [3.05, 3.63) is 52.8 Å². The number of halogens is 1. The molecule has 0 aliphatic rings. The predicted octanol–water partition coefficient (Wildman–Crippen LogP) is 3.92. The van der Waals surface area contributed by atoms with Crippen molar-refractivity contribution in [2.24, 2.45) is 0 Å². The molecule has 0 bridgehead atoms. The maximum atomic E-state index is 4.06. The van der Waals surface area contributed by atoms with Crippen LogP contribution >= 0.6 is 15.9 Å². The Bertz CT molecular complexity index is 497. The lowest BCUT2D eigenvalue weighted by atomic mass is 10.2. The number of rotatable bonds is 2. The van der Waals surface area contributed by atoms with Gasteiger partial charge in [-0.25, -0.2) is 0 Å². The number of pyridine rings is 1. The molecular formula is C13H13BrN2. The molecule has 1 aromatic carbocycles. The first-order valence-electron chi connectivity index (χ1n) is 5.08. The van der Waals surface area contributed by atoms with Gasteiger partial charge in [-0.15, -0.1) is 0 Å². The number of anilines is 2. The van der Waals surface area contributed by atoms with Crippen molar-refractivity contribution in [2.45, 2.75) is 6.92 Å². The molecule has 1 heterocycles. The molecule has 0 unspecified atom stereocenters. The van der Waals surface area contributed by atoms with Gasteiger partial charge in [-0.1, -0.05) is 12.1 Å². The van der Waals surface area contributed by atoms with Crippen LogP contribution < -0.4 is 4.90 Å². The summed E-state index contributed by atoms with van der Waals surface area (Å²) in [6.45, 7) is 2.10. The number of hydrogen-bond acceptors (Lipinski definition) is 2. The van der Waals surface area contributed by atoms with E-state index in [0.717, 1.165) is 10.2 Å². The minimum absolute atomic E-state index is 0.999. The molecule has 0 aliphatic carbocycles. The molecule has 0 fully saturated rings. The zero-order chi connectivity index (χ0) is 11.5. The first-order chi connectivity index (χ1) is 7.68. The maximum Gasteiger partial charge on any atom is 0.0595 e. The van der Waals surface area contributed by atoms with Crippen LogP contribution in [0.2, 0.25) is 0 Å². The third-order valence-corrected chi connectivity index (χ3v) is 3.11. The van der Waals surface area contributed by atoms with E-state index in [2.05, 4.69) is 64.1 Å². The summed E-state index contributed by atoms with van der Waals surface area (Å²) in [6, 6.07) is 10.4. The van der Waals surface area contributed by atoms with E-state index >= 15 is 0 Å². The summed E-state index contributed by atoms with van der Waals surface area (Å²) in [7, 11) is 2.05. The van der Waals surface area contributed by atoms with Gasteiger partial charge in [0.1, 0.15) is 0 Å². The van der Waals surface area contributed by atoms with E-state index in [1.165, 1.54) is 11.3 Å². The smallest absolute Gasteiger partial charge is 0.0595 e. The van der Waals surface area contributed by atoms with Gasteiger partial charge in [0.05, 0.1) is 10.2 Å². The van der Waals surface area contributed by atoms with E-state index in [4.69, 9.17) is 0 Å². The zero-order valence-electron chi connectivity index (χ0n) is 9.31. The van der Waals surface area contributed by atoms with Crippen LogP contribution in [0.3, 0.4) is 0 Å². The van der Waals surface area contributed by atoms with Crippen LogP contribution in [0.25, 0.3) is 0 Å². The second-order valence-electron chi connectivity index (χ2n) is 3.73. The van der Waals surface area contributed by atoms with E-state index < -0.39 is 0 Å². The van der Waals surface area contributed by atoms with Crippen molar-refractivity contribution >= 4 is 27.3 Å².